The molecule has 1 atom stereocenters. The first kappa shape index (κ1) is 16.8. The monoisotopic (exact) mass is 321 g/mol. The van der Waals surface area contributed by atoms with Crippen molar-refractivity contribution in [3.8, 4) is 5.75 Å². The third-order valence-electron chi connectivity index (χ3n) is 3.57. The second kappa shape index (κ2) is 8.16. The van der Waals surface area contributed by atoms with E-state index in [-0.39, 0.29) is 5.82 Å². The molecule has 4 heteroatoms. The predicted molar refractivity (Wildman–Crippen MR) is 88.8 cm³/mol. The molecule has 1 N–H and O–H groups in total. The number of halogens is 2. The second-order valence-electron chi connectivity index (χ2n) is 5.36. The molecule has 0 aromatic heterocycles. The summed E-state index contributed by atoms with van der Waals surface area (Å²) in [6.07, 6.45) is 1.10. The van der Waals surface area contributed by atoms with Gasteiger partial charge in [0.2, 0.25) is 0 Å². The van der Waals surface area contributed by atoms with Gasteiger partial charge in [-0.05, 0) is 43.2 Å². The van der Waals surface area contributed by atoms with Gasteiger partial charge < -0.3 is 10.1 Å². The van der Waals surface area contributed by atoms with Gasteiger partial charge in [-0.25, -0.2) is 4.39 Å². The molecule has 0 fully saturated rings. The molecule has 2 rings (SSSR count). The van der Waals surface area contributed by atoms with Crippen molar-refractivity contribution >= 4 is 11.6 Å². The average molecular weight is 322 g/mol. The minimum absolute atomic E-state index is 0.321. The summed E-state index contributed by atoms with van der Waals surface area (Å²) >= 11 is 6.00. The summed E-state index contributed by atoms with van der Waals surface area (Å²) in [6, 6.07) is 12.8. The lowest BCUT2D eigenvalue weighted by Gasteiger charge is -2.12. The van der Waals surface area contributed by atoms with Crippen LogP contribution in [0.25, 0.3) is 0 Å². The third kappa shape index (κ3) is 5.00. The van der Waals surface area contributed by atoms with Crippen molar-refractivity contribution in [1.29, 1.82) is 0 Å². The Morgan fingerprint density at radius 2 is 2.05 bits per heavy atom. The zero-order chi connectivity index (χ0) is 15.9. The molecule has 22 heavy (non-hydrogen) atoms. The number of hydrogen-bond acceptors (Lipinski definition) is 2. The number of nitrogens with one attached hydrogen (secondary N) is 1. The zero-order valence-corrected chi connectivity index (χ0v) is 13.7. The van der Waals surface area contributed by atoms with Gasteiger partial charge in [-0.3, -0.25) is 0 Å². The van der Waals surface area contributed by atoms with Crippen molar-refractivity contribution in [2.75, 3.05) is 0 Å². The Hall–Kier alpha value is -1.58. The van der Waals surface area contributed by atoms with Crippen molar-refractivity contribution in [2.24, 2.45) is 0 Å². The predicted octanol–water partition coefficient (Wildman–Crippen LogP) is 4.95. The largest absolute Gasteiger partial charge is 0.489 e. The Morgan fingerprint density at radius 1 is 1.23 bits per heavy atom. The first-order valence-electron chi connectivity index (χ1n) is 7.47. The van der Waals surface area contributed by atoms with Crippen LogP contribution in [0.1, 0.15) is 31.4 Å². The number of ether oxygens (including phenoxy) is 1. The molecule has 0 unspecified atom stereocenters. The van der Waals surface area contributed by atoms with Crippen LogP contribution in [0, 0.1) is 5.82 Å². The molecule has 2 aromatic rings. The number of benzene rings is 2. The highest BCUT2D eigenvalue weighted by atomic mass is 35.5. The Balaban J connectivity index is 1.95. The molecule has 0 aliphatic rings. The molecule has 0 heterocycles. The van der Waals surface area contributed by atoms with Crippen LogP contribution in [0.15, 0.2) is 42.5 Å². The molecule has 0 saturated carbocycles. The zero-order valence-electron chi connectivity index (χ0n) is 12.9. The molecule has 118 valence electrons. The van der Waals surface area contributed by atoms with E-state index in [1.807, 2.05) is 18.2 Å². The summed E-state index contributed by atoms with van der Waals surface area (Å²) in [6.45, 7) is 5.45. The normalized spacial score (nSPS) is 12.2. The van der Waals surface area contributed by atoms with E-state index in [9.17, 15) is 4.39 Å². The summed E-state index contributed by atoms with van der Waals surface area (Å²) in [4.78, 5) is 0. The molecular weight excluding hydrogens is 301 g/mol. The fourth-order valence-corrected chi connectivity index (χ4v) is 2.20. The lowest BCUT2D eigenvalue weighted by Crippen LogP contribution is -2.24. The maximum atomic E-state index is 13.0. The summed E-state index contributed by atoms with van der Waals surface area (Å²) in [5, 5.41) is 3.83. The topological polar surface area (TPSA) is 21.3 Å². The van der Waals surface area contributed by atoms with Gasteiger partial charge in [0, 0.05) is 18.2 Å². The van der Waals surface area contributed by atoms with Crippen molar-refractivity contribution in [3.63, 3.8) is 0 Å². The third-order valence-corrected chi connectivity index (χ3v) is 3.93. The minimum atomic E-state index is -0.341. The molecule has 2 aromatic carbocycles. The maximum Gasteiger partial charge on any atom is 0.124 e. The lowest BCUT2D eigenvalue weighted by atomic mass is 10.2. The fraction of sp³-hybridized carbons (Fsp3) is 0.333. The maximum absolute atomic E-state index is 13.0. The van der Waals surface area contributed by atoms with Crippen LogP contribution in [-0.2, 0) is 13.2 Å². The van der Waals surface area contributed by atoms with Gasteiger partial charge in [0.1, 0.15) is 18.2 Å². The van der Waals surface area contributed by atoms with E-state index in [0.29, 0.717) is 17.7 Å². The highest BCUT2D eigenvalue weighted by Gasteiger charge is 2.04. The number of hydrogen-bond donors (Lipinski definition) is 1. The van der Waals surface area contributed by atoms with E-state index >= 15 is 0 Å². The van der Waals surface area contributed by atoms with Crippen LogP contribution in [-0.4, -0.2) is 6.04 Å². The van der Waals surface area contributed by atoms with E-state index in [1.54, 1.807) is 6.07 Å². The molecule has 0 aliphatic heterocycles. The second-order valence-corrected chi connectivity index (χ2v) is 5.77. The van der Waals surface area contributed by atoms with Crippen LogP contribution in [0.4, 0.5) is 4.39 Å². The quantitative estimate of drug-likeness (QED) is 0.779. The standard InChI is InChI=1S/C18H21ClFNO/c1-3-13(2)21-11-14-5-4-6-17(9-14)22-12-15-7-8-16(20)10-18(15)19/h4-10,13,21H,3,11-12H2,1-2H3/t13-/m1/s1. The molecule has 0 radical (unpaired) electrons. The smallest absolute Gasteiger partial charge is 0.124 e. The lowest BCUT2D eigenvalue weighted by molar-refractivity contribution is 0.305. The van der Waals surface area contributed by atoms with Crippen LogP contribution >= 0.6 is 11.6 Å². The van der Waals surface area contributed by atoms with E-state index in [2.05, 4.69) is 25.2 Å². The van der Waals surface area contributed by atoms with Gasteiger partial charge >= 0.3 is 0 Å². The van der Waals surface area contributed by atoms with Crippen molar-refractivity contribution in [2.45, 2.75) is 39.5 Å². The van der Waals surface area contributed by atoms with Gasteiger partial charge in [0.05, 0.1) is 5.02 Å². The van der Waals surface area contributed by atoms with Crippen molar-refractivity contribution in [3.05, 3.63) is 64.4 Å². The summed E-state index contributed by atoms with van der Waals surface area (Å²) < 4.78 is 18.8. The van der Waals surface area contributed by atoms with Crippen molar-refractivity contribution < 1.29 is 9.13 Å². The van der Waals surface area contributed by atoms with Crippen LogP contribution in [0.3, 0.4) is 0 Å². The highest BCUT2D eigenvalue weighted by molar-refractivity contribution is 6.31. The molecular formula is C18H21ClFNO. The van der Waals surface area contributed by atoms with Gasteiger partial charge in [-0.2, -0.15) is 0 Å². The van der Waals surface area contributed by atoms with Crippen LogP contribution in [0.2, 0.25) is 5.02 Å². The van der Waals surface area contributed by atoms with Gasteiger partial charge in [0.25, 0.3) is 0 Å². The Labute approximate surface area is 136 Å². The SMILES string of the molecule is CC[C@@H](C)NCc1cccc(OCc2ccc(F)cc2Cl)c1. The molecule has 0 spiro atoms. The first-order valence-corrected chi connectivity index (χ1v) is 7.85. The minimum Gasteiger partial charge on any atom is -0.489 e. The van der Waals surface area contributed by atoms with Crippen LogP contribution in [0.5, 0.6) is 5.75 Å². The Bertz CT molecular complexity index is 618. The first-order chi connectivity index (χ1) is 10.6. The Morgan fingerprint density at radius 3 is 2.77 bits per heavy atom. The summed E-state index contributed by atoms with van der Waals surface area (Å²) in [7, 11) is 0. The summed E-state index contributed by atoms with van der Waals surface area (Å²) in [5.41, 5.74) is 1.94. The fourth-order valence-electron chi connectivity index (χ4n) is 1.98. The van der Waals surface area contributed by atoms with Gasteiger partial charge in [-0.15, -0.1) is 0 Å². The van der Waals surface area contributed by atoms with E-state index < -0.39 is 0 Å². The van der Waals surface area contributed by atoms with Gasteiger partial charge in [0.15, 0.2) is 0 Å². The highest BCUT2D eigenvalue weighted by Crippen LogP contribution is 2.20. The van der Waals surface area contributed by atoms with Gasteiger partial charge in [-0.1, -0.05) is 36.7 Å². The molecule has 0 bridgehead atoms. The van der Waals surface area contributed by atoms with E-state index in [0.717, 1.165) is 24.3 Å². The molecule has 0 saturated heterocycles. The number of rotatable bonds is 7. The average Bonchev–Trinajstić information content (AvgIpc) is 2.52. The van der Waals surface area contributed by atoms with Crippen LogP contribution < -0.4 is 10.1 Å². The van der Waals surface area contributed by atoms with E-state index in [1.165, 1.54) is 17.7 Å². The summed E-state index contributed by atoms with van der Waals surface area (Å²) in [5.74, 6) is 0.440. The molecule has 0 amide bonds. The molecule has 2 nitrogen and oxygen atoms in total. The molecule has 0 aliphatic carbocycles. The van der Waals surface area contributed by atoms with Crippen molar-refractivity contribution in [1.82, 2.24) is 5.32 Å². The Kier molecular flexibility index (Phi) is 6.22. The van der Waals surface area contributed by atoms with E-state index in [4.69, 9.17) is 16.3 Å².